The molecule has 0 saturated heterocycles. The minimum Gasteiger partial charge on any atom is -0.475 e. The summed E-state index contributed by atoms with van der Waals surface area (Å²) in [5.74, 6) is -2.98. The Morgan fingerprint density at radius 2 is 1.68 bits per heavy atom. The number of pyridine rings is 1. The topological polar surface area (TPSA) is 124 Å². The number of nitrogens with zero attached hydrogens (tertiary/aromatic N) is 1. The van der Waals surface area contributed by atoms with Crippen LogP contribution in [0.15, 0.2) is 85.1 Å². The second kappa shape index (κ2) is 12.1. The van der Waals surface area contributed by atoms with Gasteiger partial charge in [-0.1, -0.05) is 42.5 Å². The van der Waals surface area contributed by atoms with Crippen LogP contribution in [0.25, 0.3) is 28.6 Å². The van der Waals surface area contributed by atoms with Crippen LogP contribution in [0.2, 0.25) is 0 Å². The minimum atomic E-state index is -5.08. The van der Waals surface area contributed by atoms with E-state index in [9.17, 15) is 22.8 Å². The number of hydrogen-bond acceptors (Lipinski definition) is 4. The lowest BCUT2D eigenvalue weighted by Crippen LogP contribution is -2.31. The van der Waals surface area contributed by atoms with Crippen LogP contribution in [-0.2, 0) is 16.0 Å². The van der Waals surface area contributed by atoms with E-state index >= 15 is 0 Å². The van der Waals surface area contributed by atoms with Gasteiger partial charge in [0.15, 0.2) is 0 Å². The van der Waals surface area contributed by atoms with Crippen LogP contribution in [0.5, 0.6) is 0 Å². The van der Waals surface area contributed by atoms with Gasteiger partial charge in [-0.2, -0.15) is 13.2 Å². The number of aromatic amines is 1. The molecule has 2 aromatic heterocycles. The van der Waals surface area contributed by atoms with Gasteiger partial charge < -0.3 is 20.7 Å². The minimum absolute atomic E-state index is 0.0377. The van der Waals surface area contributed by atoms with Crippen LogP contribution in [0.1, 0.15) is 21.6 Å². The quantitative estimate of drug-likeness (QED) is 0.252. The molecule has 0 radical (unpaired) electrons. The summed E-state index contributed by atoms with van der Waals surface area (Å²) in [6, 6.07) is 23.1. The smallest absolute Gasteiger partial charge is 0.475 e. The second-order valence-corrected chi connectivity index (χ2v) is 8.62. The summed E-state index contributed by atoms with van der Waals surface area (Å²) >= 11 is 0. The Balaban J connectivity index is 0.000000470. The van der Waals surface area contributed by atoms with Crippen LogP contribution in [0.4, 0.5) is 18.9 Å². The van der Waals surface area contributed by atoms with E-state index in [-0.39, 0.29) is 11.8 Å². The van der Waals surface area contributed by atoms with Gasteiger partial charge >= 0.3 is 12.1 Å². The van der Waals surface area contributed by atoms with Crippen LogP contribution in [0, 0.1) is 0 Å². The lowest BCUT2D eigenvalue weighted by molar-refractivity contribution is -0.192. The molecule has 2 aromatic carbocycles. The second-order valence-electron chi connectivity index (χ2n) is 8.62. The third-order valence-electron chi connectivity index (χ3n) is 5.79. The Labute approximate surface area is 226 Å². The average molecular weight is 549 g/mol. The Morgan fingerprint density at radius 1 is 0.975 bits per heavy atom. The number of aliphatic carboxylic acids is 1. The molecule has 0 bridgehead atoms. The zero-order chi connectivity index (χ0) is 28.7. The highest BCUT2D eigenvalue weighted by Crippen LogP contribution is 2.27. The fraction of sp³-hybridized carbons (Fsp3) is 0.103. The van der Waals surface area contributed by atoms with Crippen molar-refractivity contribution in [3.05, 3.63) is 102 Å². The number of alkyl halides is 3. The van der Waals surface area contributed by atoms with E-state index in [0.29, 0.717) is 17.8 Å². The van der Waals surface area contributed by atoms with Crippen molar-refractivity contribution < 1.29 is 32.7 Å². The number of halogens is 3. The van der Waals surface area contributed by atoms with E-state index in [1.54, 1.807) is 12.3 Å². The Kier molecular flexibility index (Phi) is 8.43. The Morgan fingerprint density at radius 3 is 2.33 bits per heavy atom. The third kappa shape index (κ3) is 7.22. The van der Waals surface area contributed by atoms with Crippen molar-refractivity contribution in [2.75, 3.05) is 11.9 Å². The summed E-state index contributed by atoms with van der Waals surface area (Å²) in [6.07, 6.45) is 0.771. The summed E-state index contributed by atoms with van der Waals surface area (Å²) in [5, 5.41) is 12.9. The molecule has 0 spiro atoms. The van der Waals surface area contributed by atoms with Gasteiger partial charge in [0.05, 0.1) is 11.3 Å². The number of fused-ring (bicyclic) bond motifs is 1. The SMILES string of the molecule is O=C(/C=C/c1ccccc1)Nc1ccc(-c2cc(-c3cc4c([nH]3)CCNC4=O)ccn2)cc1.O=C(O)C(F)(F)F. The third-order valence-corrected chi connectivity index (χ3v) is 5.79. The molecule has 11 heteroatoms. The molecule has 0 aliphatic carbocycles. The Bertz CT molecular complexity index is 1550. The highest BCUT2D eigenvalue weighted by molar-refractivity contribution is 6.02. The number of anilines is 1. The lowest BCUT2D eigenvalue weighted by atomic mass is 10.1. The van der Waals surface area contributed by atoms with Crippen molar-refractivity contribution in [2.24, 2.45) is 0 Å². The number of carboxylic acids is 1. The van der Waals surface area contributed by atoms with Crippen LogP contribution in [-0.4, -0.2) is 45.6 Å². The molecule has 204 valence electrons. The summed E-state index contributed by atoms with van der Waals surface area (Å²) in [6.45, 7) is 0.651. The number of rotatable bonds is 5. The largest absolute Gasteiger partial charge is 0.490 e. The van der Waals surface area contributed by atoms with Crippen molar-refractivity contribution in [3.8, 4) is 22.5 Å². The number of aromatic nitrogens is 2. The summed E-state index contributed by atoms with van der Waals surface area (Å²) in [5.41, 5.74) is 6.96. The van der Waals surface area contributed by atoms with Crippen molar-refractivity contribution in [1.82, 2.24) is 15.3 Å². The first-order valence-electron chi connectivity index (χ1n) is 12.0. The molecule has 5 rings (SSSR count). The number of carboxylic acid groups (broad SMARTS) is 1. The van der Waals surface area contributed by atoms with Crippen molar-refractivity contribution in [1.29, 1.82) is 0 Å². The molecule has 0 fully saturated rings. The fourth-order valence-corrected chi connectivity index (χ4v) is 3.85. The van der Waals surface area contributed by atoms with Gasteiger partial charge in [-0.3, -0.25) is 14.6 Å². The van der Waals surface area contributed by atoms with Gasteiger partial charge in [0.25, 0.3) is 5.91 Å². The maximum atomic E-state index is 12.2. The molecule has 1 aliphatic rings. The standard InChI is InChI=1S/C27H22N4O2.C2HF3O2/c32-26(11-6-18-4-2-1-3-5-18)30-21-9-7-19(8-10-21)24-16-20(12-14-28-24)25-17-22-23(31-25)13-15-29-27(22)33;3-2(4,5)1(6)7/h1-12,14,16-17,31H,13,15H2,(H,29,33)(H,30,32);(H,6,7)/b11-6+;. The van der Waals surface area contributed by atoms with E-state index in [2.05, 4.69) is 20.6 Å². The van der Waals surface area contributed by atoms with E-state index in [4.69, 9.17) is 9.90 Å². The predicted molar refractivity (Wildman–Crippen MR) is 143 cm³/mol. The zero-order valence-corrected chi connectivity index (χ0v) is 20.8. The zero-order valence-electron chi connectivity index (χ0n) is 20.8. The average Bonchev–Trinajstić information content (AvgIpc) is 3.39. The first kappa shape index (κ1) is 27.8. The molecule has 4 aromatic rings. The number of amides is 2. The lowest BCUT2D eigenvalue weighted by Gasteiger charge is -2.11. The molecule has 3 heterocycles. The first-order chi connectivity index (χ1) is 19.1. The highest BCUT2D eigenvalue weighted by atomic mass is 19.4. The normalized spacial score (nSPS) is 12.6. The molecular weight excluding hydrogens is 525 g/mol. The van der Waals surface area contributed by atoms with E-state index in [1.807, 2.05) is 72.8 Å². The Hall–Kier alpha value is -5.19. The molecule has 4 N–H and O–H groups in total. The van der Waals surface area contributed by atoms with Crippen LogP contribution in [0.3, 0.4) is 0 Å². The number of carbonyl (C=O) groups is 3. The molecule has 2 amide bonds. The number of nitrogens with one attached hydrogen (secondary N) is 3. The molecule has 0 atom stereocenters. The van der Waals surface area contributed by atoms with Gasteiger partial charge in [0.1, 0.15) is 0 Å². The molecule has 8 nitrogen and oxygen atoms in total. The van der Waals surface area contributed by atoms with Gasteiger partial charge in [-0.25, -0.2) is 4.79 Å². The maximum Gasteiger partial charge on any atom is 0.490 e. The molecule has 40 heavy (non-hydrogen) atoms. The summed E-state index contributed by atoms with van der Waals surface area (Å²) in [4.78, 5) is 41.0. The molecule has 0 saturated carbocycles. The number of hydrogen-bond donors (Lipinski definition) is 4. The van der Waals surface area contributed by atoms with Crippen molar-refractivity contribution >= 4 is 29.5 Å². The van der Waals surface area contributed by atoms with Gasteiger partial charge in [0.2, 0.25) is 5.91 Å². The fourth-order valence-electron chi connectivity index (χ4n) is 3.85. The van der Waals surface area contributed by atoms with Crippen molar-refractivity contribution in [2.45, 2.75) is 12.6 Å². The van der Waals surface area contributed by atoms with Crippen LogP contribution < -0.4 is 10.6 Å². The number of benzene rings is 2. The maximum absolute atomic E-state index is 12.2. The van der Waals surface area contributed by atoms with Crippen LogP contribution >= 0.6 is 0 Å². The predicted octanol–water partition coefficient (Wildman–Crippen LogP) is 5.31. The van der Waals surface area contributed by atoms with Crippen molar-refractivity contribution in [3.63, 3.8) is 0 Å². The monoisotopic (exact) mass is 548 g/mol. The van der Waals surface area contributed by atoms with E-state index in [0.717, 1.165) is 40.2 Å². The summed E-state index contributed by atoms with van der Waals surface area (Å²) in [7, 11) is 0. The highest BCUT2D eigenvalue weighted by Gasteiger charge is 2.38. The molecule has 0 unspecified atom stereocenters. The van der Waals surface area contributed by atoms with Gasteiger partial charge in [-0.15, -0.1) is 0 Å². The van der Waals surface area contributed by atoms with Gasteiger partial charge in [-0.05, 0) is 42.0 Å². The number of H-pyrrole nitrogens is 1. The summed E-state index contributed by atoms with van der Waals surface area (Å²) < 4.78 is 31.7. The van der Waals surface area contributed by atoms with Gasteiger partial charge in [0, 0.05) is 53.4 Å². The molecular formula is C29H23F3N4O4. The number of carbonyl (C=O) groups excluding carboxylic acids is 2. The van der Waals surface area contributed by atoms with E-state index < -0.39 is 12.1 Å². The van der Waals surface area contributed by atoms with E-state index in [1.165, 1.54) is 6.08 Å². The first-order valence-corrected chi connectivity index (χ1v) is 12.0. The molecule has 1 aliphatic heterocycles.